The Morgan fingerprint density at radius 1 is 1.41 bits per heavy atom. The number of nitro benzene ring substituents is 1. The van der Waals surface area contributed by atoms with Crippen LogP contribution in [0, 0.1) is 10.1 Å². The first kappa shape index (κ1) is 13.4. The van der Waals surface area contributed by atoms with Gasteiger partial charge in [-0.1, -0.05) is 0 Å². The van der Waals surface area contributed by atoms with Gasteiger partial charge in [0.05, 0.1) is 19.0 Å². The Labute approximate surface area is 99.6 Å². The van der Waals surface area contributed by atoms with Crippen molar-refractivity contribution in [3.05, 3.63) is 34.4 Å². The van der Waals surface area contributed by atoms with E-state index < -0.39 is 11.0 Å². The first-order valence-corrected chi connectivity index (χ1v) is 5.33. The number of non-ortho nitro benzene ring substituents is 1. The van der Waals surface area contributed by atoms with Gasteiger partial charge in [0, 0.05) is 12.1 Å². The molecule has 0 heterocycles. The van der Waals surface area contributed by atoms with E-state index in [-0.39, 0.29) is 12.3 Å². The molecule has 94 valence electrons. The Balaban J connectivity index is 2.44. The lowest BCUT2D eigenvalue weighted by atomic mass is 10.3. The lowest BCUT2D eigenvalue weighted by Crippen LogP contribution is -3.07. The maximum absolute atomic E-state index is 10.4. The summed E-state index contributed by atoms with van der Waals surface area (Å²) in [7, 11) is 3.88. The van der Waals surface area contributed by atoms with Crippen molar-refractivity contribution in [2.45, 2.75) is 6.10 Å². The van der Waals surface area contributed by atoms with Gasteiger partial charge in [-0.15, -0.1) is 0 Å². The second-order valence-corrected chi connectivity index (χ2v) is 4.13. The van der Waals surface area contributed by atoms with Gasteiger partial charge in [0.15, 0.2) is 0 Å². The first-order valence-electron chi connectivity index (χ1n) is 5.33. The predicted molar refractivity (Wildman–Crippen MR) is 62.3 cm³/mol. The van der Waals surface area contributed by atoms with Gasteiger partial charge in [-0.05, 0) is 12.1 Å². The molecule has 0 fully saturated rings. The molecule has 0 aliphatic heterocycles. The van der Waals surface area contributed by atoms with Crippen LogP contribution in [0.25, 0.3) is 0 Å². The summed E-state index contributed by atoms with van der Waals surface area (Å²) in [6.45, 7) is 0.774. The molecular formula is C11H17N2O4+. The van der Waals surface area contributed by atoms with Crippen molar-refractivity contribution >= 4 is 5.69 Å². The Hall–Kier alpha value is -1.66. The SMILES string of the molecule is C[NH+](C)C[C@H](O)COc1ccc([N+](=O)[O-])cc1. The van der Waals surface area contributed by atoms with E-state index in [0.29, 0.717) is 12.3 Å². The second-order valence-electron chi connectivity index (χ2n) is 4.13. The molecule has 1 rings (SSSR count). The number of hydrogen-bond donors (Lipinski definition) is 2. The van der Waals surface area contributed by atoms with Crippen LogP contribution >= 0.6 is 0 Å². The zero-order valence-electron chi connectivity index (χ0n) is 9.92. The third-order valence-corrected chi connectivity index (χ3v) is 2.13. The molecule has 1 aromatic carbocycles. The van der Waals surface area contributed by atoms with Gasteiger partial charge in [-0.25, -0.2) is 0 Å². The van der Waals surface area contributed by atoms with Gasteiger partial charge in [0.1, 0.15) is 25.0 Å². The summed E-state index contributed by atoms with van der Waals surface area (Å²) in [4.78, 5) is 11.1. The molecule has 2 N–H and O–H groups in total. The standard InChI is InChI=1S/C11H16N2O4/c1-12(2)7-10(14)8-17-11-5-3-9(4-6-11)13(15)16/h3-6,10,14H,7-8H2,1-2H3/p+1/t10-/m0/s1. The van der Waals surface area contributed by atoms with Crippen molar-refractivity contribution < 1.29 is 19.7 Å². The van der Waals surface area contributed by atoms with Crippen LogP contribution in [0.3, 0.4) is 0 Å². The average molecular weight is 241 g/mol. The van der Waals surface area contributed by atoms with E-state index in [1.807, 2.05) is 14.1 Å². The van der Waals surface area contributed by atoms with Crippen LogP contribution < -0.4 is 9.64 Å². The molecule has 0 amide bonds. The van der Waals surface area contributed by atoms with Gasteiger partial charge in [0.2, 0.25) is 0 Å². The van der Waals surface area contributed by atoms with E-state index in [0.717, 1.165) is 4.90 Å². The number of nitrogens with zero attached hydrogens (tertiary/aromatic N) is 1. The molecule has 0 unspecified atom stereocenters. The lowest BCUT2D eigenvalue weighted by Gasteiger charge is -2.14. The fraction of sp³-hybridized carbons (Fsp3) is 0.455. The number of benzene rings is 1. The Bertz CT molecular complexity index is 364. The number of aliphatic hydroxyl groups is 1. The van der Waals surface area contributed by atoms with Crippen LogP contribution in [0.15, 0.2) is 24.3 Å². The van der Waals surface area contributed by atoms with Crippen molar-refractivity contribution in [3.63, 3.8) is 0 Å². The molecule has 0 aromatic heterocycles. The minimum Gasteiger partial charge on any atom is -0.491 e. The van der Waals surface area contributed by atoms with Crippen LogP contribution in [-0.4, -0.2) is 43.4 Å². The van der Waals surface area contributed by atoms with Crippen LogP contribution in [-0.2, 0) is 0 Å². The summed E-state index contributed by atoms with van der Waals surface area (Å²) in [5.74, 6) is 0.517. The maximum Gasteiger partial charge on any atom is 0.269 e. The number of rotatable bonds is 6. The summed E-state index contributed by atoms with van der Waals surface area (Å²) in [5, 5.41) is 20.0. The minimum atomic E-state index is -0.546. The van der Waals surface area contributed by atoms with E-state index in [1.54, 1.807) is 0 Å². The molecule has 6 heteroatoms. The summed E-state index contributed by atoms with van der Waals surface area (Å²) in [5.41, 5.74) is 0.0237. The molecular weight excluding hydrogens is 224 g/mol. The van der Waals surface area contributed by atoms with Gasteiger partial charge in [-0.3, -0.25) is 10.1 Å². The smallest absolute Gasteiger partial charge is 0.269 e. The topological polar surface area (TPSA) is 77.0 Å². The maximum atomic E-state index is 10.4. The van der Waals surface area contributed by atoms with Crippen LogP contribution in [0.2, 0.25) is 0 Å². The van der Waals surface area contributed by atoms with E-state index in [2.05, 4.69) is 0 Å². The normalized spacial score (nSPS) is 12.5. The van der Waals surface area contributed by atoms with Crippen molar-refractivity contribution in [2.24, 2.45) is 0 Å². The quantitative estimate of drug-likeness (QED) is 0.519. The third kappa shape index (κ3) is 4.80. The van der Waals surface area contributed by atoms with Gasteiger partial charge in [-0.2, -0.15) is 0 Å². The van der Waals surface area contributed by atoms with Crippen LogP contribution in [0.4, 0.5) is 5.69 Å². The second kappa shape index (κ2) is 6.17. The summed E-state index contributed by atoms with van der Waals surface area (Å²) < 4.78 is 5.32. The highest BCUT2D eigenvalue weighted by Gasteiger charge is 2.10. The van der Waals surface area contributed by atoms with Gasteiger partial charge >= 0.3 is 0 Å². The van der Waals surface area contributed by atoms with E-state index >= 15 is 0 Å². The zero-order valence-corrected chi connectivity index (χ0v) is 9.92. The van der Waals surface area contributed by atoms with Crippen LogP contribution in [0.1, 0.15) is 0 Å². The van der Waals surface area contributed by atoms with Crippen molar-refractivity contribution in [2.75, 3.05) is 27.2 Å². The highest BCUT2D eigenvalue weighted by molar-refractivity contribution is 5.35. The highest BCUT2D eigenvalue weighted by atomic mass is 16.6. The molecule has 0 aliphatic carbocycles. The van der Waals surface area contributed by atoms with Gasteiger partial charge in [0.25, 0.3) is 5.69 Å². The molecule has 0 aliphatic rings. The Morgan fingerprint density at radius 2 is 2.00 bits per heavy atom. The summed E-state index contributed by atoms with van der Waals surface area (Å²) >= 11 is 0. The molecule has 1 aromatic rings. The molecule has 6 nitrogen and oxygen atoms in total. The number of nitrogens with one attached hydrogen (secondary N) is 1. The van der Waals surface area contributed by atoms with Gasteiger partial charge < -0.3 is 14.7 Å². The third-order valence-electron chi connectivity index (χ3n) is 2.13. The Morgan fingerprint density at radius 3 is 2.47 bits per heavy atom. The Kier molecular flexibility index (Phi) is 4.86. The fourth-order valence-electron chi connectivity index (χ4n) is 1.39. The number of nitro groups is 1. The number of likely N-dealkylation sites (N-methyl/N-ethyl adjacent to an activating group) is 1. The molecule has 0 radical (unpaired) electrons. The molecule has 0 saturated heterocycles. The molecule has 1 atom stereocenters. The average Bonchev–Trinajstić information content (AvgIpc) is 2.26. The van der Waals surface area contributed by atoms with E-state index in [1.165, 1.54) is 24.3 Å². The fourth-order valence-corrected chi connectivity index (χ4v) is 1.39. The monoisotopic (exact) mass is 241 g/mol. The summed E-state index contributed by atoms with van der Waals surface area (Å²) in [6.07, 6.45) is -0.546. The molecule has 0 spiro atoms. The largest absolute Gasteiger partial charge is 0.491 e. The lowest BCUT2D eigenvalue weighted by molar-refractivity contribution is -0.861. The molecule has 17 heavy (non-hydrogen) atoms. The van der Waals surface area contributed by atoms with Crippen molar-refractivity contribution in [1.82, 2.24) is 0 Å². The first-order chi connectivity index (χ1) is 7.99. The highest BCUT2D eigenvalue weighted by Crippen LogP contribution is 2.17. The minimum absolute atomic E-state index is 0.0237. The predicted octanol–water partition coefficient (Wildman–Crippen LogP) is -0.521. The van der Waals surface area contributed by atoms with Crippen LogP contribution in [0.5, 0.6) is 5.75 Å². The molecule has 0 bridgehead atoms. The van der Waals surface area contributed by atoms with Crippen molar-refractivity contribution in [1.29, 1.82) is 0 Å². The zero-order chi connectivity index (χ0) is 12.8. The van der Waals surface area contributed by atoms with E-state index in [9.17, 15) is 15.2 Å². The summed E-state index contributed by atoms with van der Waals surface area (Å²) in [6, 6.07) is 5.79. The number of quaternary nitrogens is 1. The molecule has 0 saturated carbocycles. The van der Waals surface area contributed by atoms with E-state index in [4.69, 9.17) is 4.74 Å². The number of aliphatic hydroxyl groups excluding tert-OH is 1. The van der Waals surface area contributed by atoms with Crippen molar-refractivity contribution in [3.8, 4) is 5.75 Å². The number of ether oxygens (including phenoxy) is 1. The number of hydrogen-bond acceptors (Lipinski definition) is 4.